The number of methoxy groups -OCH3 is 2. The van der Waals surface area contributed by atoms with Gasteiger partial charge in [-0.05, 0) is 34.7 Å². The average molecular weight is 411 g/mol. The number of hydrogen-bond donors (Lipinski definition) is 1. The third kappa shape index (κ3) is 4.93. The lowest BCUT2D eigenvalue weighted by Gasteiger charge is -2.36. The fourth-order valence-electron chi connectivity index (χ4n) is 3.78. The molecule has 1 atom stereocenters. The fraction of sp³-hybridized carbons (Fsp3) is 0.417. The minimum atomic E-state index is -0.508. The lowest BCUT2D eigenvalue weighted by Crippen LogP contribution is -2.52. The van der Waals surface area contributed by atoms with Crippen molar-refractivity contribution in [1.82, 2.24) is 10.2 Å². The Labute approximate surface area is 178 Å². The Kier molecular flexibility index (Phi) is 6.98. The van der Waals surface area contributed by atoms with Crippen molar-refractivity contribution in [3.63, 3.8) is 0 Å². The summed E-state index contributed by atoms with van der Waals surface area (Å²) in [5.74, 6) is 1.37. The number of ether oxygens (including phenoxy) is 2. The topological polar surface area (TPSA) is 67.9 Å². The maximum atomic E-state index is 13.1. The molecule has 3 rings (SSSR count). The van der Waals surface area contributed by atoms with Crippen LogP contribution < -0.4 is 14.8 Å². The van der Waals surface area contributed by atoms with Crippen LogP contribution in [-0.2, 0) is 29.1 Å². The zero-order valence-electron chi connectivity index (χ0n) is 18.1. The summed E-state index contributed by atoms with van der Waals surface area (Å²) < 4.78 is 10.6. The molecule has 0 saturated heterocycles. The molecule has 0 saturated carbocycles. The van der Waals surface area contributed by atoms with Gasteiger partial charge in [-0.15, -0.1) is 0 Å². The molecule has 0 radical (unpaired) electrons. The van der Waals surface area contributed by atoms with E-state index < -0.39 is 6.04 Å². The molecule has 1 aliphatic heterocycles. The number of carbonyl (C=O) groups excluding carboxylic acids is 2. The van der Waals surface area contributed by atoms with Gasteiger partial charge in [0.2, 0.25) is 11.8 Å². The summed E-state index contributed by atoms with van der Waals surface area (Å²) in [5.41, 5.74) is 3.13. The standard InChI is InChI=1S/C24H30N2O4/c1-16(2)11-23(27)26-15-19-8-6-5-7-18(19)13-20(26)24(28)25-14-17-9-10-21(29-3)22(12-17)30-4/h5-10,12,16,20H,11,13-15H2,1-4H3,(H,25,28). The second-order valence-corrected chi connectivity index (χ2v) is 8.02. The first-order valence-corrected chi connectivity index (χ1v) is 10.3. The molecule has 0 aromatic heterocycles. The first kappa shape index (κ1) is 21.7. The van der Waals surface area contributed by atoms with Crippen molar-refractivity contribution in [3.8, 4) is 11.5 Å². The van der Waals surface area contributed by atoms with Crippen LogP contribution in [0.3, 0.4) is 0 Å². The van der Waals surface area contributed by atoms with E-state index >= 15 is 0 Å². The van der Waals surface area contributed by atoms with Gasteiger partial charge in [-0.2, -0.15) is 0 Å². The molecule has 2 aromatic carbocycles. The molecule has 2 aromatic rings. The lowest BCUT2D eigenvalue weighted by molar-refractivity contribution is -0.142. The van der Waals surface area contributed by atoms with Crippen molar-refractivity contribution in [2.45, 2.75) is 45.8 Å². The Hall–Kier alpha value is -3.02. The molecular formula is C24H30N2O4. The molecule has 0 aliphatic carbocycles. The number of amides is 2. The number of benzene rings is 2. The lowest BCUT2D eigenvalue weighted by atomic mass is 9.92. The Morgan fingerprint density at radius 1 is 1.07 bits per heavy atom. The maximum absolute atomic E-state index is 13.1. The van der Waals surface area contributed by atoms with Gasteiger partial charge in [-0.25, -0.2) is 0 Å². The van der Waals surface area contributed by atoms with Gasteiger partial charge in [0.25, 0.3) is 0 Å². The second kappa shape index (κ2) is 9.65. The van der Waals surface area contributed by atoms with Gasteiger partial charge in [0.1, 0.15) is 6.04 Å². The Bertz CT molecular complexity index is 910. The van der Waals surface area contributed by atoms with Crippen molar-refractivity contribution >= 4 is 11.8 Å². The maximum Gasteiger partial charge on any atom is 0.243 e. The fourth-order valence-corrected chi connectivity index (χ4v) is 3.78. The molecule has 0 spiro atoms. The van der Waals surface area contributed by atoms with Gasteiger partial charge in [-0.3, -0.25) is 9.59 Å². The molecule has 1 aliphatic rings. The Morgan fingerprint density at radius 3 is 2.43 bits per heavy atom. The van der Waals surface area contributed by atoms with Gasteiger partial charge in [0.15, 0.2) is 11.5 Å². The molecular weight excluding hydrogens is 380 g/mol. The quantitative estimate of drug-likeness (QED) is 0.760. The van der Waals surface area contributed by atoms with Crippen molar-refractivity contribution in [1.29, 1.82) is 0 Å². The van der Waals surface area contributed by atoms with Crippen LogP contribution in [0.4, 0.5) is 0 Å². The summed E-state index contributed by atoms with van der Waals surface area (Å²) in [6.45, 7) is 4.85. The van der Waals surface area contributed by atoms with Crippen molar-refractivity contribution in [2.75, 3.05) is 14.2 Å². The normalized spacial score (nSPS) is 15.5. The highest BCUT2D eigenvalue weighted by atomic mass is 16.5. The summed E-state index contributed by atoms with van der Waals surface area (Å²) >= 11 is 0. The van der Waals surface area contributed by atoms with Crippen LogP contribution in [0.15, 0.2) is 42.5 Å². The van der Waals surface area contributed by atoms with Gasteiger partial charge in [0, 0.05) is 25.9 Å². The molecule has 0 fully saturated rings. The van der Waals surface area contributed by atoms with Crippen LogP contribution in [0.1, 0.15) is 37.0 Å². The minimum Gasteiger partial charge on any atom is -0.493 e. The van der Waals surface area contributed by atoms with E-state index in [2.05, 4.69) is 5.32 Å². The largest absolute Gasteiger partial charge is 0.493 e. The summed E-state index contributed by atoms with van der Waals surface area (Å²) in [4.78, 5) is 27.7. The van der Waals surface area contributed by atoms with Crippen LogP contribution in [0.5, 0.6) is 11.5 Å². The zero-order valence-corrected chi connectivity index (χ0v) is 18.1. The van der Waals surface area contributed by atoms with Crippen LogP contribution in [0, 0.1) is 5.92 Å². The van der Waals surface area contributed by atoms with E-state index in [1.165, 1.54) is 0 Å². The van der Waals surface area contributed by atoms with E-state index in [1.54, 1.807) is 19.1 Å². The number of carbonyl (C=O) groups is 2. The minimum absolute atomic E-state index is 0.0192. The highest BCUT2D eigenvalue weighted by Crippen LogP contribution is 2.28. The van der Waals surface area contributed by atoms with Crippen LogP contribution in [0.25, 0.3) is 0 Å². The van der Waals surface area contributed by atoms with Crippen molar-refractivity contribution in [3.05, 3.63) is 59.2 Å². The van der Waals surface area contributed by atoms with E-state index in [9.17, 15) is 9.59 Å². The van der Waals surface area contributed by atoms with E-state index in [1.807, 2.05) is 56.3 Å². The second-order valence-electron chi connectivity index (χ2n) is 8.02. The molecule has 0 bridgehead atoms. The predicted molar refractivity (Wildman–Crippen MR) is 115 cm³/mol. The zero-order chi connectivity index (χ0) is 21.7. The highest BCUT2D eigenvalue weighted by molar-refractivity contribution is 5.88. The van der Waals surface area contributed by atoms with Gasteiger partial charge in [-0.1, -0.05) is 44.2 Å². The Balaban J connectivity index is 1.75. The molecule has 1 heterocycles. The summed E-state index contributed by atoms with van der Waals surface area (Å²) in [5, 5.41) is 3.00. The summed E-state index contributed by atoms with van der Waals surface area (Å²) in [6.07, 6.45) is 0.958. The number of hydrogen-bond acceptors (Lipinski definition) is 4. The molecule has 2 amide bonds. The van der Waals surface area contributed by atoms with Gasteiger partial charge in [0.05, 0.1) is 14.2 Å². The van der Waals surface area contributed by atoms with Crippen molar-refractivity contribution < 1.29 is 19.1 Å². The van der Waals surface area contributed by atoms with Crippen molar-refractivity contribution in [2.24, 2.45) is 5.92 Å². The molecule has 1 N–H and O–H groups in total. The molecule has 1 unspecified atom stereocenters. The molecule has 30 heavy (non-hydrogen) atoms. The summed E-state index contributed by atoms with van der Waals surface area (Å²) in [6, 6.07) is 13.1. The average Bonchev–Trinajstić information content (AvgIpc) is 2.75. The van der Waals surface area contributed by atoms with E-state index in [0.29, 0.717) is 37.4 Å². The van der Waals surface area contributed by atoms with Crippen LogP contribution >= 0.6 is 0 Å². The van der Waals surface area contributed by atoms with Crippen LogP contribution in [-0.4, -0.2) is 37.0 Å². The van der Waals surface area contributed by atoms with E-state index in [4.69, 9.17) is 9.47 Å². The van der Waals surface area contributed by atoms with Gasteiger partial charge >= 0.3 is 0 Å². The SMILES string of the molecule is COc1ccc(CNC(=O)C2Cc3ccccc3CN2C(=O)CC(C)C)cc1OC. The smallest absolute Gasteiger partial charge is 0.243 e. The molecule has 160 valence electrons. The highest BCUT2D eigenvalue weighted by Gasteiger charge is 2.34. The molecule has 6 nitrogen and oxygen atoms in total. The Morgan fingerprint density at radius 2 is 1.77 bits per heavy atom. The van der Waals surface area contributed by atoms with E-state index in [0.717, 1.165) is 16.7 Å². The first-order chi connectivity index (χ1) is 14.4. The third-order valence-electron chi connectivity index (χ3n) is 5.37. The first-order valence-electron chi connectivity index (χ1n) is 10.3. The number of fused-ring (bicyclic) bond motifs is 1. The monoisotopic (exact) mass is 410 g/mol. The van der Waals surface area contributed by atoms with E-state index in [-0.39, 0.29) is 17.7 Å². The summed E-state index contributed by atoms with van der Waals surface area (Å²) in [7, 11) is 3.17. The van der Waals surface area contributed by atoms with Crippen LogP contribution in [0.2, 0.25) is 0 Å². The number of rotatable bonds is 7. The third-order valence-corrected chi connectivity index (χ3v) is 5.37. The number of nitrogens with one attached hydrogen (secondary N) is 1. The molecule has 6 heteroatoms. The number of nitrogens with zero attached hydrogens (tertiary/aromatic N) is 1. The predicted octanol–water partition coefficient (Wildman–Crippen LogP) is 3.32. The van der Waals surface area contributed by atoms with Gasteiger partial charge < -0.3 is 19.7 Å².